The van der Waals surface area contributed by atoms with Crippen LogP contribution in [0.2, 0.25) is 10.2 Å². The van der Waals surface area contributed by atoms with Gasteiger partial charge < -0.3 is 20.1 Å². The predicted molar refractivity (Wildman–Crippen MR) is 154 cm³/mol. The summed E-state index contributed by atoms with van der Waals surface area (Å²) < 4.78 is 4.60. The monoisotopic (exact) mass is 578 g/mol. The largest absolute Gasteiger partial charge is 0.478 e. The van der Waals surface area contributed by atoms with Crippen LogP contribution in [0.5, 0.6) is 0 Å². The zero-order valence-electron chi connectivity index (χ0n) is 21.2. The third kappa shape index (κ3) is 7.28. The summed E-state index contributed by atoms with van der Waals surface area (Å²) in [5.41, 5.74) is 2.96. The predicted octanol–water partition coefficient (Wildman–Crippen LogP) is 6.37. The first-order valence-electron chi connectivity index (χ1n) is 12.0. The van der Waals surface area contributed by atoms with Crippen LogP contribution in [0.4, 0.5) is 10.5 Å². The van der Waals surface area contributed by atoms with E-state index in [1.807, 2.05) is 30.3 Å². The van der Waals surface area contributed by atoms with Crippen molar-refractivity contribution in [3.05, 3.63) is 112 Å². The van der Waals surface area contributed by atoms with Crippen molar-refractivity contribution in [1.29, 1.82) is 0 Å². The number of carbonyl (C=O) groups is 3. The third-order valence-electron chi connectivity index (χ3n) is 5.86. The van der Waals surface area contributed by atoms with Crippen LogP contribution in [0.15, 0.2) is 78.9 Å². The van der Waals surface area contributed by atoms with Gasteiger partial charge in [-0.1, -0.05) is 65.7 Å². The highest BCUT2D eigenvalue weighted by Crippen LogP contribution is 2.29. The highest BCUT2D eigenvalue weighted by molar-refractivity contribution is 6.32. The van der Waals surface area contributed by atoms with E-state index in [0.717, 1.165) is 5.56 Å². The standard InChI is InChI=1S/C29H24Cl2N4O5/c1-40-29(39)32-21-11-7-18(8-12-21)25-26(31)35-27(34-25)23(15-17-5-3-2-4-6-17)33-24(36)14-9-19-16-20(30)10-13-22(19)28(37)38/h2-14,16,23H,15H2,1H3,(H,32,39)(H,33,36)(H,34,35)(H,37,38)/t23-/m0/s1. The number of methoxy groups -OCH3 is 1. The lowest BCUT2D eigenvalue weighted by atomic mass is 10.0. The summed E-state index contributed by atoms with van der Waals surface area (Å²) >= 11 is 12.5. The van der Waals surface area contributed by atoms with E-state index in [0.29, 0.717) is 39.8 Å². The molecule has 1 heterocycles. The van der Waals surface area contributed by atoms with E-state index in [1.54, 1.807) is 24.3 Å². The summed E-state index contributed by atoms with van der Waals surface area (Å²) in [4.78, 5) is 43.7. The second-order valence-electron chi connectivity index (χ2n) is 8.60. The maximum Gasteiger partial charge on any atom is 0.411 e. The normalized spacial score (nSPS) is 11.7. The highest BCUT2D eigenvalue weighted by Gasteiger charge is 2.21. The third-order valence-corrected chi connectivity index (χ3v) is 6.36. The van der Waals surface area contributed by atoms with Crippen LogP contribution in [-0.2, 0) is 16.0 Å². The molecule has 2 amide bonds. The van der Waals surface area contributed by atoms with Gasteiger partial charge in [0.05, 0.1) is 18.7 Å². The highest BCUT2D eigenvalue weighted by atomic mass is 35.5. The number of nitrogens with one attached hydrogen (secondary N) is 3. The Bertz CT molecular complexity index is 1550. The van der Waals surface area contributed by atoms with Gasteiger partial charge in [-0.3, -0.25) is 10.1 Å². The Morgan fingerprint density at radius 2 is 1.77 bits per heavy atom. The fourth-order valence-electron chi connectivity index (χ4n) is 3.92. The molecule has 0 aliphatic heterocycles. The fourth-order valence-corrected chi connectivity index (χ4v) is 4.35. The van der Waals surface area contributed by atoms with E-state index in [2.05, 4.69) is 25.3 Å². The van der Waals surface area contributed by atoms with Gasteiger partial charge in [0, 0.05) is 22.3 Å². The molecule has 4 aromatic rings. The molecule has 11 heteroatoms. The number of carbonyl (C=O) groups excluding carboxylic acids is 2. The minimum atomic E-state index is -1.13. The molecule has 1 atom stereocenters. The minimum absolute atomic E-state index is 0.0181. The summed E-state index contributed by atoms with van der Waals surface area (Å²) in [5, 5.41) is 15.6. The van der Waals surface area contributed by atoms with E-state index < -0.39 is 24.0 Å². The molecule has 0 aliphatic rings. The average molecular weight is 579 g/mol. The van der Waals surface area contributed by atoms with Crippen LogP contribution >= 0.6 is 23.2 Å². The number of nitrogens with zero attached hydrogens (tertiary/aromatic N) is 1. The molecule has 1 aromatic heterocycles. The molecule has 40 heavy (non-hydrogen) atoms. The van der Waals surface area contributed by atoms with Gasteiger partial charge in [-0.05, 0) is 54.0 Å². The van der Waals surface area contributed by atoms with Crippen LogP contribution in [0.3, 0.4) is 0 Å². The van der Waals surface area contributed by atoms with E-state index in [-0.39, 0.29) is 10.7 Å². The Labute approximate surface area is 239 Å². The lowest BCUT2D eigenvalue weighted by Crippen LogP contribution is -2.29. The van der Waals surface area contributed by atoms with Gasteiger partial charge in [-0.2, -0.15) is 0 Å². The Kier molecular flexibility index (Phi) is 9.21. The molecule has 0 unspecified atom stereocenters. The number of anilines is 1. The molecular formula is C29H24Cl2N4O5. The van der Waals surface area contributed by atoms with Crippen LogP contribution < -0.4 is 10.6 Å². The molecule has 0 radical (unpaired) electrons. The molecule has 9 nitrogen and oxygen atoms in total. The zero-order valence-corrected chi connectivity index (χ0v) is 22.7. The number of carboxylic acids is 1. The number of halogens is 2. The molecule has 4 N–H and O–H groups in total. The molecule has 0 bridgehead atoms. The van der Waals surface area contributed by atoms with E-state index in [4.69, 9.17) is 23.2 Å². The number of imidazole rings is 1. The maximum atomic E-state index is 13.0. The van der Waals surface area contributed by atoms with Crippen LogP contribution in [-0.4, -0.2) is 40.2 Å². The summed E-state index contributed by atoms with van der Waals surface area (Å²) in [6.07, 6.45) is 2.46. The smallest absolute Gasteiger partial charge is 0.411 e. The van der Waals surface area contributed by atoms with Gasteiger partial charge in [-0.15, -0.1) is 0 Å². The number of benzene rings is 3. The van der Waals surface area contributed by atoms with Crippen molar-refractivity contribution >= 4 is 52.9 Å². The molecule has 0 aliphatic carbocycles. The molecule has 204 valence electrons. The first-order chi connectivity index (χ1) is 19.2. The van der Waals surface area contributed by atoms with Crippen molar-refractivity contribution < 1.29 is 24.2 Å². The number of H-pyrrole nitrogens is 1. The van der Waals surface area contributed by atoms with Gasteiger partial charge in [0.25, 0.3) is 0 Å². The summed E-state index contributed by atoms with van der Waals surface area (Å²) in [7, 11) is 1.28. The van der Waals surface area contributed by atoms with Gasteiger partial charge in [-0.25, -0.2) is 14.6 Å². The first-order valence-corrected chi connectivity index (χ1v) is 12.7. The number of hydrogen-bond acceptors (Lipinski definition) is 5. The summed E-state index contributed by atoms with van der Waals surface area (Å²) in [6.45, 7) is 0. The average Bonchev–Trinajstić information content (AvgIpc) is 3.33. The zero-order chi connectivity index (χ0) is 28.6. The molecular weight excluding hydrogens is 555 g/mol. The number of rotatable bonds is 9. The number of carboxylic acid groups (broad SMARTS) is 1. The summed E-state index contributed by atoms with van der Waals surface area (Å²) in [6, 6.07) is 20.1. The SMILES string of the molecule is COC(=O)Nc1ccc(-c2nc([C@H](Cc3ccccc3)NC(=O)C=Cc3cc(Cl)ccc3C(=O)O)[nH]c2Cl)cc1. The number of aromatic amines is 1. The Hall–Kier alpha value is -4.60. The fraction of sp³-hybridized carbons (Fsp3) is 0.103. The van der Waals surface area contributed by atoms with Crippen molar-refractivity contribution in [3.63, 3.8) is 0 Å². The number of aromatic nitrogens is 2. The Morgan fingerprint density at radius 3 is 2.45 bits per heavy atom. The van der Waals surface area contributed by atoms with Crippen molar-refractivity contribution in [1.82, 2.24) is 15.3 Å². The van der Waals surface area contributed by atoms with Crippen molar-refractivity contribution in [2.75, 3.05) is 12.4 Å². The molecule has 0 spiro atoms. The summed E-state index contributed by atoms with van der Waals surface area (Å²) in [5.74, 6) is -1.17. The van der Waals surface area contributed by atoms with Crippen LogP contribution in [0.1, 0.15) is 33.4 Å². The van der Waals surface area contributed by atoms with E-state index >= 15 is 0 Å². The number of hydrogen-bond donors (Lipinski definition) is 4. The minimum Gasteiger partial charge on any atom is -0.478 e. The van der Waals surface area contributed by atoms with Gasteiger partial charge in [0.15, 0.2) is 0 Å². The first kappa shape index (κ1) is 28.4. The topological polar surface area (TPSA) is 133 Å². The van der Waals surface area contributed by atoms with Gasteiger partial charge >= 0.3 is 12.1 Å². The molecule has 0 saturated carbocycles. The van der Waals surface area contributed by atoms with E-state index in [1.165, 1.54) is 37.5 Å². The molecule has 3 aromatic carbocycles. The number of aromatic carboxylic acids is 1. The Morgan fingerprint density at radius 1 is 1.05 bits per heavy atom. The number of amides is 2. The van der Waals surface area contributed by atoms with Gasteiger partial charge in [0.2, 0.25) is 5.91 Å². The maximum absolute atomic E-state index is 13.0. The second kappa shape index (κ2) is 13.0. The molecule has 4 rings (SSSR count). The van der Waals surface area contributed by atoms with E-state index in [9.17, 15) is 19.5 Å². The lowest BCUT2D eigenvalue weighted by molar-refractivity contribution is -0.117. The van der Waals surface area contributed by atoms with Crippen molar-refractivity contribution in [2.45, 2.75) is 12.5 Å². The van der Waals surface area contributed by atoms with Crippen molar-refractivity contribution in [2.24, 2.45) is 0 Å². The second-order valence-corrected chi connectivity index (χ2v) is 9.41. The van der Waals surface area contributed by atoms with Crippen molar-refractivity contribution in [3.8, 4) is 11.3 Å². The van der Waals surface area contributed by atoms with Gasteiger partial charge in [0.1, 0.15) is 16.7 Å². The van der Waals surface area contributed by atoms with Crippen LogP contribution in [0, 0.1) is 0 Å². The quantitative estimate of drug-likeness (QED) is 0.170. The Balaban J connectivity index is 1.59. The number of ether oxygens (including phenoxy) is 1. The molecule has 0 fully saturated rings. The molecule has 0 saturated heterocycles. The van der Waals surface area contributed by atoms with Crippen LogP contribution in [0.25, 0.3) is 17.3 Å². The lowest BCUT2D eigenvalue weighted by Gasteiger charge is -2.16.